The lowest BCUT2D eigenvalue weighted by molar-refractivity contribution is 0.405. The lowest BCUT2D eigenvalue weighted by Crippen LogP contribution is -2.27. The highest BCUT2D eigenvalue weighted by Gasteiger charge is 2.04. The molecule has 1 saturated heterocycles. The summed E-state index contributed by atoms with van der Waals surface area (Å²) in [5, 5.41) is 3.33. The summed E-state index contributed by atoms with van der Waals surface area (Å²) in [5.74, 6) is 0.925. The Bertz CT molecular complexity index is 55.7. The Morgan fingerprint density at radius 3 is 2.20 bits per heavy atom. The van der Waals surface area contributed by atoms with E-state index in [4.69, 9.17) is 0 Å². The minimum absolute atomic E-state index is 0.925. The van der Waals surface area contributed by atoms with Crippen LogP contribution in [-0.4, -0.2) is 13.1 Å². The van der Waals surface area contributed by atoms with Gasteiger partial charge in [0, 0.05) is 0 Å². The summed E-state index contributed by atoms with van der Waals surface area (Å²) < 4.78 is 0. The smallest absolute Gasteiger partial charge is 0.00231 e. The van der Waals surface area contributed by atoms with Gasteiger partial charge >= 0.3 is 0 Å². The molecule has 0 aromatic carbocycles. The van der Waals surface area contributed by atoms with Crippen LogP contribution in [-0.2, 0) is 0 Å². The number of hydrogen-bond donors (Lipinski definition) is 1. The molecule has 1 heteroatoms. The van der Waals surface area contributed by atoms with Crippen LogP contribution in [0.2, 0.25) is 0 Å². The van der Waals surface area contributed by atoms with Gasteiger partial charge in [-0.2, -0.15) is 0 Å². The lowest BCUT2D eigenvalue weighted by Gasteiger charge is -2.17. The van der Waals surface area contributed by atoms with Crippen molar-refractivity contribution < 1.29 is 0 Å². The molecule has 10 heavy (non-hydrogen) atoms. The molecule has 0 aliphatic carbocycles. The highest BCUT2D eigenvalue weighted by molar-refractivity contribution is 4.63. The zero-order valence-corrected chi connectivity index (χ0v) is 7.61. The number of piperidine rings is 1. The summed E-state index contributed by atoms with van der Waals surface area (Å²) in [6, 6.07) is 0. The van der Waals surface area contributed by atoms with E-state index in [9.17, 15) is 0 Å². The Hall–Kier alpha value is -0.0400. The van der Waals surface area contributed by atoms with Gasteiger partial charge in [-0.3, -0.25) is 0 Å². The maximum Gasteiger partial charge on any atom is -0.00231 e. The van der Waals surface area contributed by atoms with Crippen LogP contribution in [0, 0.1) is 5.92 Å². The maximum absolute atomic E-state index is 3.33. The molecular weight excluding hydrogens is 122 g/mol. The van der Waals surface area contributed by atoms with Crippen molar-refractivity contribution in [3.8, 4) is 0 Å². The fourth-order valence-electron chi connectivity index (χ4n) is 1.03. The van der Waals surface area contributed by atoms with Gasteiger partial charge in [0.2, 0.25) is 0 Å². The third-order valence-corrected chi connectivity index (χ3v) is 1.54. The summed E-state index contributed by atoms with van der Waals surface area (Å²) in [6.07, 6.45) is 4.05. The molecule has 62 valence electrons. The molecule has 0 aromatic heterocycles. The first kappa shape index (κ1) is 9.96. The van der Waals surface area contributed by atoms with Crippen molar-refractivity contribution in [3.63, 3.8) is 0 Å². The molecule has 1 nitrogen and oxygen atoms in total. The molecule has 0 unspecified atom stereocenters. The summed E-state index contributed by atoms with van der Waals surface area (Å²) in [7, 11) is 0. The second-order valence-electron chi connectivity index (χ2n) is 3.16. The van der Waals surface area contributed by atoms with Gasteiger partial charge in [0.15, 0.2) is 0 Å². The third-order valence-electron chi connectivity index (χ3n) is 1.54. The monoisotopic (exact) mass is 143 g/mol. The normalized spacial score (nSPS) is 24.9. The average Bonchev–Trinajstić information content (AvgIpc) is 1.91. The Morgan fingerprint density at radius 1 is 1.40 bits per heavy atom. The molecular formula is C9H21N. The van der Waals surface area contributed by atoms with Gasteiger partial charge in [-0.05, 0) is 31.8 Å². The predicted molar refractivity (Wildman–Crippen MR) is 47.2 cm³/mol. The quantitative estimate of drug-likeness (QED) is 0.549. The van der Waals surface area contributed by atoms with Crippen molar-refractivity contribution in [2.45, 2.75) is 40.0 Å². The fourth-order valence-corrected chi connectivity index (χ4v) is 1.03. The average molecular weight is 143 g/mol. The Balaban J connectivity index is 0.000000236. The molecule has 0 aromatic rings. The van der Waals surface area contributed by atoms with Crippen molar-refractivity contribution in [2.75, 3.05) is 13.1 Å². The van der Waals surface area contributed by atoms with E-state index < -0.39 is 0 Å². The van der Waals surface area contributed by atoms with Crippen LogP contribution in [0.15, 0.2) is 0 Å². The van der Waals surface area contributed by atoms with Crippen LogP contribution < -0.4 is 5.32 Å². The maximum atomic E-state index is 3.33. The highest BCUT2D eigenvalue weighted by atomic mass is 14.9. The molecule has 1 atom stereocenters. The molecule has 1 fully saturated rings. The third kappa shape index (κ3) is 6.09. The van der Waals surface area contributed by atoms with Crippen molar-refractivity contribution in [3.05, 3.63) is 0 Å². The lowest BCUT2D eigenvalue weighted by atomic mass is 10.0. The number of hydrogen-bond acceptors (Lipinski definition) is 1. The van der Waals surface area contributed by atoms with Gasteiger partial charge in [0.05, 0.1) is 0 Å². The fraction of sp³-hybridized carbons (Fsp3) is 1.00. The predicted octanol–water partition coefficient (Wildman–Crippen LogP) is 2.42. The van der Waals surface area contributed by atoms with E-state index in [1.165, 1.54) is 32.4 Å². The molecule has 0 saturated carbocycles. The van der Waals surface area contributed by atoms with Crippen LogP contribution >= 0.6 is 0 Å². The largest absolute Gasteiger partial charge is 0.316 e. The number of nitrogens with one attached hydrogen (secondary N) is 1. The van der Waals surface area contributed by atoms with E-state index in [-0.39, 0.29) is 0 Å². The van der Waals surface area contributed by atoms with Crippen LogP contribution in [0.3, 0.4) is 0 Å². The van der Waals surface area contributed by atoms with Gasteiger partial charge in [-0.15, -0.1) is 0 Å². The Labute approximate surface area is 65.2 Å². The van der Waals surface area contributed by atoms with Crippen LogP contribution in [0.1, 0.15) is 40.0 Å². The van der Waals surface area contributed by atoms with Crippen molar-refractivity contribution in [1.82, 2.24) is 5.32 Å². The van der Waals surface area contributed by atoms with Gasteiger partial charge in [0.25, 0.3) is 0 Å². The van der Waals surface area contributed by atoms with Gasteiger partial charge < -0.3 is 5.32 Å². The topological polar surface area (TPSA) is 12.0 Å². The van der Waals surface area contributed by atoms with E-state index >= 15 is 0 Å². The van der Waals surface area contributed by atoms with Gasteiger partial charge in [0.1, 0.15) is 0 Å². The van der Waals surface area contributed by atoms with Gasteiger partial charge in [-0.25, -0.2) is 0 Å². The first-order chi connectivity index (χ1) is 4.81. The van der Waals surface area contributed by atoms with Crippen molar-refractivity contribution in [2.24, 2.45) is 5.92 Å². The zero-order valence-electron chi connectivity index (χ0n) is 7.61. The first-order valence-electron chi connectivity index (χ1n) is 4.52. The zero-order chi connectivity index (χ0) is 7.82. The molecule has 0 amide bonds. The molecule has 1 rings (SSSR count). The molecule has 1 aliphatic heterocycles. The molecule has 0 bridgehead atoms. The van der Waals surface area contributed by atoms with Crippen molar-refractivity contribution in [1.29, 1.82) is 0 Å². The van der Waals surface area contributed by atoms with Crippen LogP contribution in [0.25, 0.3) is 0 Å². The Morgan fingerprint density at radius 2 is 2.00 bits per heavy atom. The summed E-state index contributed by atoms with van der Waals surface area (Å²) in [4.78, 5) is 0. The van der Waals surface area contributed by atoms with E-state index in [1.807, 2.05) is 0 Å². The molecule has 1 aliphatic rings. The van der Waals surface area contributed by atoms with Crippen LogP contribution in [0.4, 0.5) is 0 Å². The van der Waals surface area contributed by atoms with Crippen molar-refractivity contribution >= 4 is 0 Å². The number of rotatable bonds is 0. The van der Waals surface area contributed by atoms with E-state index in [0.717, 1.165) is 5.92 Å². The highest BCUT2D eigenvalue weighted by Crippen LogP contribution is 2.06. The van der Waals surface area contributed by atoms with E-state index in [1.54, 1.807) is 0 Å². The SMILES string of the molecule is CCC.C[C@@H]1CCCNC1. The van der Waals surface area contributed by atoms with E-state index in [2.05, 4.69) is 26.1 Å². The molecule has 1 N–H and O–H groups in total. The molecule has 1 heterocycles. The van der Waals surface area contributed by atoms with E-state index in [0.29, 0.717) is 0 Å². The van der Waals surface area contributed by atoms with Gasteiger partial charge in [-0.1, -0.05) is 27.2 Å². The van der Waals surface area contributed by atoms with Crippen LogP contribution in [0.5, 0.6) is 0 Å². The molecule has 0 radical (unpaired) electrons. The second-order valence-corrected chi connectivity index (χ2v) is 3.16. The minimum atomic E-state index is 0.925. The minimum Gasteiger partial charge on any atom is -0.316 e. The summed E-state index contributed by atoms with van der Waals surface area (Å²) in [6.45, 7) is 9.02. The standard InChI is InChI=1S/C6H13N.C3H8/c1-6-3-2-4-7-5-6;1-3-2/h6-7H,2-5H2,1H3;3H2,1-2H3/t6-;/m1./s1. The second kappa shape index (κ2) is 7.07. The summed E-state index contributed by atoms with van der Waals surface area (Å²) >= 11 is 0. The Kier molecular flexibility index (Phi) is 7.04. The molecule has 0 spiro atoms. The summed E-state index contributed by atoms with van der Waals surface area (Å²) in [5.41, 5.74) is 0. The first-order valence-corrected chi connectivity index (χ1v) is 4.52.